The summed E-state index contributed by atoms with van der Waals surface area (Å²) in [6.07, 6.45) is 2.76. The zero-order chi connectivity index (χ0) is 24.7. The molecule has 7 nitrogen and oxygen atoms in total. The van der Waals surface area contributed by atoms with E-state index in [1.165, 1.54) is 6.07 Å². The number of hydrogen-bond donors (Lipinski definition) is 2. The highest BCUT2D eigenvalue weighted by molar-refractivity contribution is 7.98. The van der Waals surface area contributed by atoms with Crippen LogP contribution < -0.4 is 25.9 Å². The van der Waals surface area contributed by atoms with Crippen molar-refractivity contribution in [1.82, 2.24) is 5.32 Å². The number of carbonyl (C=O) groups excluding carboxylic acids is 1. The highest BCUT2D eigenvalue weighted by atomic mass is 32.2. The Kier molecular flexibility index (Phi) is 9.01. The molecule has 1 amide bonds. The van der Waals surface area contributed by atoms with E-state index in [-0.39, 0.29) is 11.9 Å². The van der Waals surface area contributed by atoms with Gasteiger partial charge in [-0.1, -0.05) is 26.0 Å². The largest absolute Gasteiger partial charge is 0.495 e. The number of para-hydroxylation sites is 1. The first-order chi connectivity index (χ1) is 16.3. The molecule has 182 valence electrons. The molecule has 0 bridgehead atoms. The average molecular weight is 484 g/mol. The molecule has 0 aliphatic rings. The third kappa shape index (κ3) is 6.33. The Balaban J connectivity index is 1.91. The first kappa shape index (κ1) is 25.6. The van der Waals surface area contributed by atoms with Crippen molar-refractivity contribution in [3.63, 3.8) is 0 Å². The van der Waals surface area contributed by atoms with Crippen LogP contribution in [0.4, 0.5) is 17.1 Å². The van der Waals surface area contributed by atoms with Crippen LogP contribution in [0.25, 0.3) is 11.0 Å². The smallest absolute Gasteiger partial charge is 0.338 e. The highest BCUT2D eigenvalue weighted by Gasteiger charge is 2.20. The number of fused-ring (bicyclic) bond motifs is 1. The van der Waals surface area contributed by atoms with Gasteiger partial charge in [0, 0.05) is 24.2 Å². The van der Waals surface area contributed by atoms with Crippen molar-refractivity contribution in [2.45, 2.75) is 26.3 Å². The zero-order valence-electron chi connectivity index (χ0n) is 20.4. The van der Waals surface area contributed by atoms with Crippen molar-refractivity contribution in [3.05, 3.63) is 59.0 Å². The maximum absolute atomic E-state index is 13.2. The molecule has 0 saturated heterocycles. The van der Waals surface area contributed by atoms with Crippen LogP contribution in [0.2, 0.25) is 0 Å². The van der Waals surface area contributed by atoms with Gasteiger partial charge in [0.2, 0.25) is 5.91 Å². The minimum absolute atomic E-state index is 0.0985. The normalized spacial score (nSPS) is 12.1. The molecule has 0 aliphatic heterocycles. The Labute approximate surface area is 204 Å². The van der Waals surface area contributed by atoms with Crippen LogP contribution in [-0.2, 0) is 4.79 Å². The average Bonchev–Trinajstić information content (AvgIpc) is 2.82. The highest BCUT2D eigenvalue weighted by Crippen LogP contribution is 2.34. The molecule has 8 heteroatoms. The lowest BCUT2D eigenvalue weighted by Gasteiger charge is -2.23. The van der Waals surface area contributed by atoms with Crippen molar-refractivity contribution in [2.75, 3.05) is 42.9 Å². The van der Waals surface area contributed by atoms with Crippen LogP contribution in [0.5, 0.6) is 5.75 Å². The first-order valence-corrected chi connectivity index (χ1v) is 12.7. The van der Waals surface area contributed by atoms with E-state index in [0.29, 0.717) is 28.6 Å². The van der Waals surface area contributed by atoms with Crippen molar-refractivity contribution in [3.8, 4) is 5.75 Å². The number of nitrogens with one attached hydrogen (secondary N) is 2. The maximum atomic E-state index is 13.2. The van der Waals surface area contributed by atoms with Crippen LogP contribution in [0.1, 0.15) is 20.3 Å². The molecule has 34 heavy (non-hydrogen) atoms. The van der Waals surface area contributed by atoms with Crippen molar-refractivity contribution < 1.29 is 13.9 Å². The second kappa shape index (κ2) is 11.9. The summed E-state index contributed by atoms with van der Waals surface area (Å²) in [6, 6.07) is 14.1. The topological polar surface area (TPSA) is 83.8 Å². The Hall–Kier alpha value is -2.97. The Morgan fingerprint density at radius 1 is 1.18 bits per heavy atom. The minimum atomic E-state index is -0.421. The number of anilines is 3. The summed E-state index contributed by atoms with van der Waals surface area (Å²) in [5, 5.41) is 7.25. The van der Waals surface area contributed by atoms with Gasteiger partial charge in [-0.3, -0.25) is 4.79 Å². The summed E-state index contributed by atoms with van der Waals surface area (Å²) in [7, 11) is 3.45. The summed E-state index contributed by atoms with van der Waals surface area (Å²) in [4.78, 5) is 27.2. The standard InChI is InChI=1S/C26H33N3O4S/c1-17(2)16-27-20(12-13-34-5)26(31)28-21-14-18(10-11-24(21)32-4)29(3)22-15-25(30)33-23-9-7-6-8-19(22)23/h6-11,14-15,17,20,27H,12-13,16H2,1-5H3,(H,28,31)/t20-/m0/s1. The lowest BCUT2D eigenvalue weighted by molar-refractivity contribution is -0.118. The molecule has 2 N–H and O–H groups in total. The summed E-state index contributed by atoms with van der Waals surface area (Å²) < 4.78 is 10.8. The van der Waals surface area contributed by atoms with E-state index in [0.717, 1.165) is 29.8 Å². The summed E-state index contributed by atoms with van der Waals surface area (Å²) in [6.45, 7) is 5.00. The van der Waals surface area contributed by atoms with Crippen molar-refractivity contribution in [2.24, 2.45) is 5.92 Å². The quantitative estimate of drug-likeness (QED) is 0.376. The number of nitrogens with zero attached hydrogens (tertiary/aromatic N) is 1. The predicted octanol–water partition coefficient (Wildman–Crippen LogP) is 4.88. The molecule has 0 saturated carbocycles. The van der Waals surface area contributed by atoms with E-state index in [2.05, 4.69) is 24.5 Å². The van der Waals surface area contributed by atoms with Crippen LogP contribution in [-0.4, -0.2) is 44.7 Å². The number of methoxy groups -OCH3 is 1. The summed E-state index contributed by atoms with van der Waals surface area (Å²) in [5.41, 5.74) is 2.18. The van der Waals surface area contributed by atoms with Gasteiger partial charge in [0.25, 0.3) is 0 Å². The zero-order valence-corrected chi connectivity index (χ0v) is 21.2. The maximum Gasteiger partial charge on any atom is 0.338 e. The Bertz CT molecular complexity index is 1180. The van der Waals surface area contributed by atoms with Gasteiger partial charge >= 0.3 is 5.63 Å². The molecule has 2 aromatic carbocycles. The van der Waals surface area contributed by atoms with Gasteiger partial charge in [-0.05, 0) is 61.2 Å². The van der Waals surface area contributed by atoms with E-state index >= 15 is 0 Å². The SMILES string of the molecule is COc1ccc(N(C)c2cc(=O)oc3ccccc23)cc1NC(=O)[C@H](CCSC)NCC(C)C. The molecule has 0 unspecified atom stereocenters. The van der Waals surface area contributed by atoms with Crippen LogP contribution >= 0.6 is 11.8 Å². The molecule has 0 radical (unpaired) electrons. The fourth-order valence-corrected chi connectivity index (χ4v) is 4.14. The number of hydrogen-bond acceptors (Lipinski definition) is 7. The van der Waals surface area contributed by atoms with Gasteiger partial charge in [0.1, 0.15) is 11.3 Å². The van der Waals surface area contributed by atoms with E-state index in [1.54, 1.807) is 24.9 Å². The fraction of sp³-hybridized carbons (Fsp3) is 0.385. The number of rotatable bonds is 11. The summed E-state index contributed by atoms with van der Waals surface area (Å²) in [5.74, 6) is 1.79. The Morgan fingerprint density at radius 2 is 1.94 bits per heavy atom. The lowest BCUT2D eigenvalue weighted by Crippen LogP contribution is -2.42. The molecule has 0 spiro atoms. The molecule has 1 atom stereocenters. The fourth-order valence-electron chi connectivity index (χ4n) is 3.67. The number of ether oxygens (including phenoxy) is 1. The second-order valence-electron chi connectivity index (χ2n) is 8.52. The van der Waals surface area contributed by atoms with Crippen LogP contribution in [0.15, 0.2) is 57.7 Å². The number of benzene rings is 2. The molecule has 1 aromatic heterocycles. The molecule has 3 rings (SSSR count). The number of amides is 1. The van der Waals surface area contributed by atoms with Gasteiger partial charge < -0.3 is 24.7 Å². The van der Waals surface area contributed by atoms with Crippen molar-refractivity contribution in [1.29, 1.82) is 0 Å². The minimum Gasteiger partial charge on any atom is -0.495 e. The van der Waals surface area contributed by atoms with Crippen LogP contribution in [0, 0.1) is 5.92 Å². The van der Waals surface area contributed by atoms with E-state index in [9.17, 15) is 9.59 Å². The summed E-state index contributed by atoms with van der Waals surface area (Å²) >= 11 is 1.72. The van der Waals surface area contributed by atoms with E-state index in [4.69, 9.17) is 9.15 Å². The van der Waals surface area contributed by atoms with Crippen molar-refractivity contribution >= 4 is 45.7 Å². The van der Waals surface area contributed by atoms with E-state index < -0.39 is 5.63 Å². The molecular formula is C26H33N3O4S. The monoisotopic (exact) mass is 483 g/mol. The third-order valence-corrected chi connectivity index (χ3v) is 6.16. The number of carbonyl (C=O) groups is 1. The molecule has 1 heterocycles. The third-order valence-electron chi connectivity index (χ3n) is 5.52. The predicted molar refractivity (Wildman–Crippen MR) is 142 cm³/mol. The van der Waals surface area contributed by atoms with Gasteiger partial charge in [-0.2, -0.15) is 11.8 Å². The molecule has 0 aliphatic carbocycles. The second-order valence-corrected chi connectivity index (χ2v) is 9.50. The Morgan fingerprint density at radius 3 is 2.65 bits per heavy atom. The van der Waals surface area contributed by atoms with Gasteiger partial charge in [0.15, 0.2) is 0 Å². The first-order valence-electron chi connectivity index (χ1n) is 11.3. The molecule has 3 aromatic rings. The van der Waals surface area contributed by atoms with E-state index in [1.807, 2.05) is 54.6 Å². The van der Waals surface area contributed by atoms with Gasteiger partial charge in [-0.15, -0.1) is 0 Å². The molecular weight excluding hydrogens is 450 g/mol. The number of thioether (sulfide) groups is 1. The molecule has 0 fully saturated rings. The lowest BCUT2D eigenvalue weighted by atomic mass is 10.1. The van der Waals surface area contributed by atoms with Gasteiger partial charge in [0.05, 0.1) is 24.5 Å². The van der Waals surface area contributed by atoms with Gasteiger partial charge in [-0.25, -0.2) is 4.79 Å². The van der Waals surface area contributed by atoms with Crippen LogP contribution in [0.3, 0.4) is 0 Å².